The van der Waals surface area contributed by atoms with Crippen molar-refractivity contribution in [3.8, 4) is 0 Å². The molecule has 0 heterocycles. The van der Waals surface area contributed by atoms with Gasteiger partial charge in [-0.05, 0) is 60.9 Å². The third-order valence-electron chi connectivity index (χ3n) is 7.19. The lowest BCUT2D eigenvalue weighted by atomic mass is 9.89. The molecule has 30 heavy (non-hydrogen) atoms. The first kappa shape index (κ1) is 21.9. The molecule has 0 aromatic carbocycles. The van der Waals surface area contributed by atoms with Gasteiger partial charge in [0.1, 0.15) is 0 Å². The van der Waals surface area contributed by atoms with E-state index >= 15 is 0 Å². The van der Waals surface area contributed by atoms with Gasteiger partial charge in [-0.25, -0.2) is 8.78 Å². The lowest BCUT2D eigenvalue weighted by Crippen LogP contribution is -2.30. The highest BCUT2D eigenvalue weighted by Gasteiger charge is 2.69. The second-order valence-electron chi connectivity index (χ2n) is 8.96. The number of hydrogen-bond donors (Lipinski definition) is 1. The van der Waals surface area contributed by atoms with Crippen LogP contribution in [0.15, 0.2) is 46.0 Å². The van der Waals surface area contributed by atoms with Crippen LogP contribution in [0.2, 0.25) is 0 Å². The molecule has 4 aliphatic carbocycles. The number of amides is 1. The predicted octanol–water partition coefficient (Wildman–Crippen LogP) is 4.93. The molecular formula is C22H25ClF2NO3S-. The summed E-state index contributed by atoms with van der Waals surface area (Å²) >= 11 is 3.96. The van der Waals surface area contributed by atoms with E-state index in [1.807, 2.05) is 6.08 Å². The molecule has 4 nitrogen and oxygen atoms in total. The van der Waals surface area contributed by atoms with Gasteiger partial charge in [0.2, 0.25) is 5.91 Å². The summed E-state index contributed by atoms with van der Waals surface area (Å²) < 4.78 is 49.5. The molecule has 164 valence electrons. The molecule has 2 fully saturated rings. The van der Waals surface area contributed by atoms with Crippen molar-refractivity contribution in [2.24, 2.45) is 29.1 Å². The molecule has 5 atom stereocenters. The first-order chi connectivity index (χ1) is 14.1. The highest BCUT2D eigenvalue weighted by atomic mass is 35.5. The lowest BCUT2D eigenvalue weighted by molar-refractivity contribution is -0.122. The standard InChI is InChI=1S/C22H26ClF2NO3S/c1-21(24,25)14-6-9-17(16(23)12-14)26-20(27)19-18(22(19)10-2-3-11-22)13-4-7-15(8-5-13)30(28)29/h4,7-9,12-14,18-19H,2-3,5-6,10-11H2,1H3,(H,26,27)(H,28,29)/p-1. The summed E-state index contributed by atoms with van der Waals surface area (Å²) in [6, 6.07) is 0. The molecule has 0 saturated heterocycles. The van der Waals surface area contributed by atoms with Gasteiger partial charge in [0.25, 0.3) is 5.92 Å². The number of alkyl halides is 2. The van der Waals surface area contributed by atoms with Crippen molar-refractivity contribution in [2.45, 2.75) is 51.4 Å². The van der Waals surface area contributed by atoms with Crippen LogP contribution in [0.5, 0.6) is 0 Å². The summed E-state index contributed by atoms with van der Waals surface area (Å²) in [7, 11) is 0. The molecule has 1 spiro atoms. The summed E-state index contributed by atoms with van der Waals surface area (Å²) in [4.78, 5) is 13.5. The minimum Gasteiger partial charge on any atom is -0.768 e. The Bertz CT molecular complexity index is 883. The van der Waals surface area contributed by atoms with Crippen LogP contribution in [0.1, 0.15) is 45.4 Å². The van der Waals surface area contributed by atoms with Gasteiger partial charge < -0.3 is 9.87 Å². The van der Waals surface area contributed by atoms with Crippen LogP contribution in [-0.2, 0) is 15.9 Å². The van der Waals surface area contributed by atoms with Crippen LogP contribution in [0.4, 0.5) is 8.78 Å². The van der Waals surface area contributed by atoms with Crippen molar-refractivity contribution >= 4 is 28.6 Å². The normalized spacial score (nSPS) is 33.6. The Morgan fingerprint density at radius 2 is 2.00 bits per heavy atom. The van der Waals surface area contributed by atoms with Crippen molar-refractivity contribution in [2.75, 3.05) is 0 Å². The smallest absolute Gasteiger partial charge is 0.251 e. The number of rotatable bonds is 5. The highest BCUT2D eigenvalue weighted by Crippen LogP contribution is 2.71. The molecule has 0 aromatic rings. The largest absolute Gasteiger partial charge is 0.768 e. The third-order valence-corrected chi connectivity index (χ3v) is 8.21. The minimum absolute atomic E-state index is 0.0501. The Balaban J connectivity index is 1.46. The second-order valence-corrected chi connectivity index (χ2v) is 10.3. The molecule has 0 radical (unpaired) electrons. The van der Waals surface area contributed by atoms with E-state index in [0.29, 0.717) is 17.0 Å². The Labute approximate surface area is 182 Å². The highest BCUT2D eigenvalue weighted by molar-refractivity contribution is 7.83. The zero-order chi connectivity index (χ0) is 21.7. The SMILES string of the molecule is CC(F)(F)C1C=C(Cl)C(NC(=O)C2C(C3C=CC(S(=O)[O-])=CC3)C23CCCC3)=CC1. The van der Waals surface area contributed by atoms with Crippen LogP contribution in [0.25, 0.3) is 0 Å². The fourth-order valence-corrected chi connectivity index (χ4v) is 6.36. The minimum atomic E-state index is -2.87. The van der Waals surface area contributed by atoms with Gasteiger partial charge in [-0.15, -0.1) is 0 Å². The van der Waals surface area contributed by atoms with Gasteiger partial charge in [-0.1, -0.05) is 54.8 Å². The van der Waals surface area contributed by atoms with Crippen LogP contribution in [-0.4, -0.2) is 20.6 Å². The molecule has 0 aromatic heterocycles. The summed E-state index contributed by atoms with van der Waals surface area (Å²) in [6.45, 7) is 0.869. The van der Waals surface area contributed by atoms with Crippen molar-refractivity contribution in [3.63, 3.8) is 0 Å². The van der Waals surface area contributed by atoms with Gasteiger partial charge in [-0.2, -0.15) is 0 Å². The predicted molar refractivity (Wildman–Crippen MR) is 111 cm³/mol. The Kier molecular flexibility index (Phi) is 5.83. The monoisotopic (exact) mass is 456 g/mol. The van der Waals surface area contributed by atoms with Gasteiger partial charge in [0.15, 0.2) is 0 Å². The number of carbonyl (C=O) groups is 1. The average Bonchev–Trinajstić information content (AvgIpc) is 3.06. The van der Waals surface area contributed by atoms with Crippen molar-refractivity contribution < 1.29 is 22.3 Å². The van der Waals surface area contributed by atoms with Crippen LogP contribution in [0, 0.1) is 29.1 Å². The Morgan fingerprint density at radius 3 is 2.53 bits per heavy atom. The van der Waals surface area contributed by atoms with E-state index in [4.69, 9.17) is 11.6 Å². The quantitative estimate of drug-likeness (QED) is 0.596. The Hall–Kier alpha value is -1.31. The molecular weight excluding hydrogens is 432 g/mol. The van der Waals surface area contributed by atoms with E-state index in [1.165, 1.54) is 6.08 Å². The summed E-state index contributed by atoms with van der Waals surface area (Å²) in [5.41, 5.74) is 0.356. The van der Waals surface area contributed by atoms with E-state index in [2.05, 4.69) is 5.32 Å². The van der Waals surface area contributed by atoms with Crippen LogP contribution >= 0.6 is 11.6 Å². The van der Waals surface area contributed by atoms with Crippen LogP contribution in [0.3, 0.4) is 0 Å². The number of nitrogens with one attached hydrogen (secondary N) is 1. The summed E-state index contributed by atoms with van der Waals surface area (Å²) in [5.74, 6) is -3.83. The van der Waals surface area contributed by atoms with E-state index in [0.717, 1.165) is 32.6 Å². The summed E-state index contributed by atoms with van der Waals surface area (Å²) in [5, 5.41) is 3.04. The van der Waals surface area contributed by atoms with Crippen molar-refractivity contribution in [1.82, 2.24) is 5.32 Å². The molecule has 4 aliphatic rings. The molecule has 5 unspecified atom stereocenters. The lowest BCUT2D eigenvalue weighted by Gasteiger charge is -2.24. The van der Waals surface area contributed by atoms with Crippen molar-refractivity contribution in [3.05, 3.63) is 46.0 Å². The number of hydrogen-bond acceptors (Lipinski definition) is 3. The number of halogens is 3. The first-order valence-electron chi connectivity index (χ1n) is 10.4. The van der Waals surface area contributed by atoms with Gasteiger partial charge >= 0.3 is 0 Å². The maximum Gasteiger partial charge on any atom is 0.251 e. The molecule has 1 N–H and O–H groups in total. The number of allylic oxidation sites excluding steroid dienone is 6. The maximum atomic E-state index is 13.6. The van der Waals surface area contributed by atoms with Crippen molar-refractivity contribution in [1.29, 1.82) is 0 Å². The Morgan fingerprint density at radius 1 is 1.30 bits per heavy atom. The van der Waals surface area contributed by atoms with Crippen LogP contribution < -0.4 is 5.32 Å². The maximum absolute atomic E-state index is 13.6. The fraction of sp³-hybridized carbons (Fsp3) is 0.591. The molecule has 0 bridgehead atoms. The summed E-state index contributed by atoms with van der Waals surface area (Å²) in [6.07, 6.45) is 13.0. The van der Waals surface area contributed by atoms with E-state index in [-0.39, 0.29) is 40.5 Å². The fourth-order valence-electron chi connectivity index (χ4n) is 5.66. The van der Waals surface area contributed by atoms with E-state index in [1.54, 1.807) is 18.2 Å². The topological polar surface area (TPSA) is 69.2 Å². The molecule has 8 heteroatoms. The third kappa shape index (κ3) is 3.96. The molecule has 0 aliphatic heterocycles. The average molecular weight is 457 g/mol. The molecule has 1 amide bonds. The first-order valence-corrected chi connectivity index (χ1v) is 11.8. The van der Waals surface area contributed by atoms with Gasteiger partial charge in [0.05, 0.1) is 10.7 Å². The second kappa shape index (κ2) is 7.99. The van der Waals surface area contributed by atoms with Gasteiger partial charge in [0, 0.05) is 16.7 Å². The van der Waals surface area contributed by atoms with E-state index in [9.17, 15) is 22.3 Å². The zero-order valence-corrected chi connectivity index (χ0v) is 18.3. The van der Waals surface area contributed by atoms with E-state index < -0.39 is 22.9 Å². The molecule has 4 rings (SSSR count). The van der Waals surface area contributed by atoms with Gasteiger partial charge in [-0.3, -0.25) is 9.00 Å². The zero-order valence-electron chi connectivity index (χ0n) is 16.7. The number of carbonyl (C=O) groups excluding carboxylic acids is 1. The molecule has 2 saturated carbocycles.